The van der Waals surface area contributed by atoms with Crippen molar-refractivity contribution in [1.82, 2.24) is 30.5 Å². The van der Waals surface area contributed by atoms with Crippen LogP contribution in [0, 0.1) is 0 Å². The molecule has 2 aromatic heterocycles. The van der Waals surface area contributed by atoms with Crippen LogP contribution in [0.1, 0.15) is 12.5 Å². The van der Waals surface area contributed by atoms with E-state index in [0.29, 0.717) is 23.5 Å². The van der Waals surface area contributed by atoms with Crippen molar-refractivity contribution in [2.45, 2.75) is 12.5 Å². The molecule has 3 aromatic rings. The van der Waals surface area contributed by atoms with Gasteiger partial charge in [-0.2, -0.15) is 4.98 Å². The third kappa shape index (κ3) is 2.31. The molecule has 0 unspecified atom stereocenters. The Hall–Kier alpha value is -2.54. The second-order valence-electron chi connectivity index (χ2n) is 5.02. The predicted molar refractivity (Wildman–Crippen MR) is 75.3 cm³/mol. The molecule has 1 aliphatic rings. The standard InChI is InChI=1S/C14H14N6O/c1-2-4-10(5-3-1)13-16-14(21-18-13)12-9-20(19-17-12)11-6-7-15-8-11/h1-5,9,11,15H,6-8H2/t11-/m1/s1. The normalized spacial score (nSPS) is 18.2. The van der Waals surface area contributed by atoms with E-state index >= 15 is 0 Å². The van der Waals surface area contributed by atoms with E-state index < -0.39 is 0 Å². The molecule has 1 atom stereocenters. The maximum atomic E-state index is 5.29. The maximum Gasteiger partial charge on any atom is 0.280 e. The average molecular weight is 282 g/mol. The number of nitrogens with one attached hydrogen (secondary N) is 1. The predicted octanol–water partition coefficient (Wildman–Crippen LogP) is 1.53. The minimum Gasteiger partial charge on any atom is -0.332 e. The first-order chi connectivity index (χ1) is 10.4. The molecule has 106 valence electrons. The highest BCUT2D eigenvalue weighted by Gasteiger charge is 2.20. The monoisotopic (exact) mass is 282 g/mol. The van der Waals surface area contributed by atoms with Gasteiger partial charge in [0.2, 0.25) is 5.82 Å². The molecular formula is C14H14N6O. The van der Waals surface area contributed by atoms with Crippen LogP contribution in [0.25, 0.3) is 23.0 Å². The molecule has 1 fully saturated rings. The lowest BCUT2D eigenvalue weighted by molar-refractivity contribution is 0.431. The quantitative estimate of drug-likeness (QED) is 0.784. The fourth-order valence-electron chi connectivity index (χ4n) is 2.45. The van der Waals surface area contributed by atoms with Gasteiger partial charge in [0.15, 0.2) is 5.69 Å². The second kappa shape index (κ2) is 5.10. The van der Waals surface area contributed by atoms with Gasteiger partial charge in [-0.3, -0.25) is 0 Å². The summed E-state index contributed by atoms with van der Waals surface area (Å²) in [6.45, 7) is 1.93. The zero-order valence-corrected chi connectivity index (χ0v) is 11.3. The van der Waals surface area contributed by atoms with Crippen molar-refractivity contribution in [2.24, 2.45) is 0 Å². The topological polar surface area (TPSA) is 81.7 Å². The highest BCUT2D eigenvalue weighted by Crippen LogP contribution is 2.22. The fraction of sp³-hybridized carbons (Fsp3) is 0.286. The van der Waals surface area contributed by atoms with Crippen LogP contribution in [0.15, 0.2) is 41.1 Å². The van der Waals surface area contributed by atoms with E-state index in [1.54, 1.807) is 0 Å². The molecule has 7 nitrogen and oxygen atoms in total. The first kappa shape index (κ1) is 12.2. The van der Waals surface area contributed by atoms with Crippen LogP contribution in [0.2, 0.25) is 0 Å². The van der Waals surface area contributed by atoms with Crippen LogP contribution in [0.5, 0.6) is 0 Å². The molecule has 0 aliphatic carbocycles. The highest BCUT2D eigenvalue weighted by molar-refractivity contribution is 5.57. The van der Waals surface area contributed by atoms with Gasteiger partial charge in [0, 0.05) is 12.1 Å². The lowest BCUT2D eigenvalue weighted by Crippen LogP contribution is -2.13. The Balaban J connectivity index is 1.61. The lowest BCUT2D eigenvalue weighted by atomic mass is 10.2. The van der Waals surface area contributed by atoms with E-state index in [1.807, 2.05) is 41.2 Å². The van der Waals surface area contributed by atoms with Gasteiger partial charge < -0.3 is 9.84 Å². The van der Waals surface area contributed by atoms with Crippen molar-refractivity contribution in [1.29, 1.82) is 0 Å². The van der Waals surface area contributed by atoms with Crippen LogP contribution >= 0.6 is 0 Å². The van der Waals surface area contributed by atoms with Gasteiger partial charge >= 0.3 is 0 Å². The summed E-state index contributed by atoms with van der Waals surface area (Å²) in [4.78, 5) is 4.38. The van der Waals surface area contributed by atoms with Crippen molar-refractivity contribution in [3.63, 3.8) is 0 Å². The summed E-state index contributed by atoms with van der Waals surface area (Å²) < 4.78 is 7.15. The van der Waals surface area contributed by atoms with Gasteiger partial charge in [-0.05, 0) is 13.0 Å². The largest absolute Gasteiger partial charge is 0.332 e. The SMILES string of the molecule is c1ccc(-c2noc(-c3cn([C@@H]4CCNC4)nn3)n2)cc1. The van der Waals surface area contributed by atoms with Crippen LogP contribution < -0.4 is 5.32 Å². The minimum atomic E-state index is 0.350. The Morgan fingerprint density at radius 2 is 2.14 bits per heavy atom. The van der Waals surface area contributed by atoms with Gasteiger partial charge in [0.05, 0.1) is 12.2 Å². The molecule has 21 heavy (non-hydrogen) atoms. The number of aromatic nitrogens is 5. The molecular weight excluding hydrogens is 268 g/mol. The molecule has 3 heterocycles. The van der Waals surface area contributed by atoms with Crippen molar-refractivity contribution >= 4 is 0 Å². The summed E-state index contributed by atoms with van der Waals surface area (Å²) in [5.41, 5.74) is 1.52. The number of hydrogen-bond acceptors (Lipinski definition) is 6. The van der Waals surface area contributed by atoms with E-state index in [9.17, 15) is 0 Å². The van der Waals surface area contributed by atoms with Crippen molar-refractivity contribution < 1.29 is 4.52 Å². The van der Waals surface area contributed by atoms with Crippen LogP contribution in [0.4, 0.5) is 0 Å². The van der Waals surface area contributed by atoms with Crippen LogP contribution in [-0.4, -0.2) is 38.2 Å². The minimum absolute atomic E-state index is 0.350. The highest BCUT2D eigenvalue weighted by atomic mass is 16.5. The number of benzene rings is 1. The fourth-order valence-corrected chi connectivity index (χ4v) is 2.45. The Bertz CT molecular complexity index is 729. The van der Waals surface area contributed by atoms with Gasteiger partial charge in [0.1, 0.15) is 0 Å². The summed E-state index contributed by atoms with van der Waals surface area (Å²) >= 11 is 0. The molecule has 0 radical (unpaired) electrons. The zero-order chi connectivity index (χ0) is 14.1. The van der Waals surface area contributed by atoms with Crippen LogP contribution in [0.3, 0.4) is 0 Å². The first-order valence-electron chi connectivity index (χ1n) is 6.92. The van der Waals surface area contributed by atoms with E-state index in [4.69, 9.17) is 4.52 Å². The molecule has 7 heteroatoms. The maximum absolute atomic E-state index is 5.29. The molecule has 1 N–H and O–H groups in total. The summed E-state index contributed by atoms with van der Waals surface area (Å²) in [6, 6.07) is 10.1. The Labute approximate surface area is 121 Å². The van der Waals surface area contributed by atoms with Gasteiger partial charge in [-0.15, -0.1) is 5.10 Å². The summed E-state index contributed by atoms with van der Waals surface area (Å²) in [6.07, 6.45) is 2.92. The van der Waals surface area contributed by atoms with E-state index in [2.05, 4.69) is 25.8 Å². The molecule has 1 aromatic carbocycles. The van der Waals surface area contributed by atoms with E-state index in [0.717, 1.165) is 25.1 Å². The summed E-state index contributed by atoms with van der Waals surface area (Å²) in [5, 5.41) is 15.6. The molecule has 0 bridgehead atoms. The summed E-state index contributed by atoms with van der Waals surface area (Å²) in [5.74, 6) is 0.953. The Kier molecular flexibility index (Phi) is 2.97. The molecule has 0 spiro atoms. The van der Waals surface area contributed by atoms with Crippen molar-refractivity contribution in [3.05, 3.63) is 36.5 Å². The average Bonchev–Trinajstić information content (AvgIpc) is 3.27. The smallest absolute Gasteiger partial charge is 0.280 e. The van der Waals surface area contributed by atoms with Crippen LogP contribution in [-0.2, 0) is 0 Å². The Morgan fingerprint density at radius 1 is 1.24 bits per heavy atom. The van der Waals surface area contributed by atoms with E-state index in [-0.39, 0.29) is 0 Å². The first-order valence-corrected chi connectivity index (χ1v) is 6.92. The molecule has 0 saturated carbocycles. The lowest BCUT2D eigenvalue weighted by Gasteiger charge is -2.05. The van der Waals surface area contributed by atoms with Gasteiger partial charge in [-0.1, -0.05) is 40.7 Å². The van der Waals surface area contributed by atoms with Gasteiger partial charge in [-0.25, -0.2) is 4.68 Å². The Morgan fingerprint density at radius 3 is 2.95 bits per heavy atom. The molecule has 1 aliphatic heterocycles. The van der Waals surface area contributed by atoms with Crippen molar-refractivity contribution in [2.75, 3.05) is 13.1 Å². The number of rotatable bonds is 3. The third-order valence-electron chi connectivity index (χ3n) is 3.60. The molecule has 1 saturated heterocycles. The molecule has 4 rings (SSSR count). The van der Waals surface area contributed by atoms with Gasteiger partial charge in [0.25, 0.3) is 5.89 Å². The molecule has 0 amide bonds. The third-order valence-corrected chi connectivity index (χ3v) is 3.60. The zero-order valence-electron chi connectivity index (χ0n) is 11.3. The van der Waals surface area contributed by atoms with E-state index in [1.165, 1.54) is 0 Å². The second-order valence-corrected chi connectivity index (χ2v) is 5.02. The summed E-state index contributed by atoms with van der Waals surface area (Å²) in [7, 11) is 0. The number of hydrogen-bond donors (Lipinski definition) is 1. The van der Waals surface area contributed by atoms with Crippen molar-refractivity contribution in [3.8, 4) is 23.0 Å². The number of nitrogens with zero attached hydrogens (tertiary/aromatic N) is 5.